The Bertz CT molecular complexity index is 897. The highest BCUT2D eigenvalue weighted by Crippen LogP contribution is 2.37. The SMILES string of the molecule is CCOC(=O)N1CCC(N2C(=O)c3ccccc3[C@H]2Nc2ccc(Cl)cn2)CC1. The van der Waals surface area contributed by atoms with Crippen molar-refractivity contribution in [3.63, 3.8) is 0 Å². The van der Waals surface area contributed by atoms with Crippen LogP contribution in [0.15, 0.2) is 42.6 Å². The molecule has 2 aromatic rings. The molecule has 1 aromatic heterocycles. The second-order valence-corrected chi connectivity index (χ2v) is 7.56. The molecule has 2 amide bonds. The summed E-state index contributed by atoms with van der Waals surface area (Å²) in [4.78, 5) is 33.1. The molecule has 2 aliphatic heterocycles. The molecule has 0 radical (unpaired) electrons. The van der Waals surface area contributed by atoms with Crippen LogP contribution in [0.5, 0.6) is 0 Å². The average Bonchev–Trinajstić information content (AvgIpc) is 3.02. The van der Waals surface area contributed by atoms with E-state index in [-0.39, 0.29) is 24.2 Å². The predicted octanol–water partition coefficient (Wildman–Crippen LogP) is 3.92. The Kier molecular flexibility index (Phi) is 5.58. The van der Waals surface area contributed by atoms with E-state index in [0.29, 0.717) is 48.9 Å². The molecule has 1 fully saturated rings. The predicted molar refractivity (Wildman–Crippen MR) is 110 cm³/mol. The van der Waals surface area contributed by atoms with E-state index in [9.17, 15) is 9.59 Å². The summed E-state index contributed by atoms with van der Waals surface area (Å²) in [7, 11) is 0. The Morgan fingerprint density at radius 1 is 1.24 bits per heavy atom. The average molecular weight is 415 g/mol. The molecule has 0 aliphatic carbocycles. The largest absolute Gasteiger partial charge is 0.450 e. The Labute approximate surface area is 174 Å². The third-order valence-corrected chi connectivity index (χ3v) is 5.62. The number of pyridine rings is 1. The van der Waals surface area contributed by atoms with Crippen LogP contribution in [0.4, 0.5) is 10.6 Å². The second-order valence-electron chi connectivity index (χ2n) is 7.13. The van der Waals surface area contributed by atoms with E-state index in [1.165, 1.54) is 0 Å². The molecule has 3 heterocycles. The van der Waals surface area contributed by atoms with Gasteiger partial charge in [0.05, 0.1) is 11.6 Å². The van der Waals surface area contributed by atoms with Gasteiger partial charge in [-0.25, -0.2) is 9.78 Å². The number of hydrogen-bond donors (Lipinski definition) is 1. The highest BCUT2D eigenvalue weighted by molar-refractivity contribution is 6.30. The summed E-state index contributed by atoms with van der Waals surface area (Å²) in [6.07, 6.45) is 2.37. The minimum atomic E-state index is -0.313. The second kappa shape index (κ2) is 8.29. The number of fused-ring (bicyclic) bond motifs is 1. The third kappa shape index (κ3) is 3.87. The normalized spacial score (nSPS) is 19.2. The minimum Gasteiger partial charge on any atom is -0.450 e. The molecular formula is C21H23ClN4O3. The fraction of sp³-hybridized carbons (Fsp3) is 0.381. The molecule has 152 valence electrons. The number of halogens is 1. The van der Waals surface area contributed by atoms with E-state index >= 15 is 0 Å². The van der Waals surface area contributed by atoms with Gasteiger partial charge in [0.1, 0.15) is 12.0 Å². The molecule has 7 nitrogen and oxygen atoms in total. The van der Waals surface area contributed by atoms with E-state index in [1.54, 1.807) is 30.2 Å². The maximum Gasteiger partial charge on any atom is 0.409 e. The van der Waals surface area contributed by atoms with E-state index in [4.69, 9.17) is 16.3 Å². The summed E-state index contributed by atoms with van der Waals surface area (Å²) in [6.45, 7) is 3.29. The van der Waals surface area contributed by atoms with Crippen molar-refractivity contribution in [1.29, 1.82) is 0 Å². The summed E-state index contributed by atoms with van der Waals surface area (Å²) in [6, 6.07) is 11.2. The van der Waals surface area contributed by atoms with Gasteiger partial charge in [-0.3, -0.25) is 4.79 Å². The molecule has 1 atom stereocenters. The standard InChI is InChI=1S/C21H23ClN4O3/c1-2-29-21(28)25-11-9-15(10-12-25)26-19(24-18-8-7-14(22)13-23-18)16-5-3-4-6-17(16)20(26)27/h3-8,13,15,19H,2,9-12H2,1H3,(H,23,24)/t19-/m0/s1. The van der Waals surface area contributed by atoms with Crippen molar-refractivity contribution < 1.29 is 14.3 Å². The van der Waals surface area contributed by atoms with Crippen LogP contribution in [0.25, 0.3) is 0 Å². The van der Waals surface area contributed by atoms with Crippen LogP contribution in [0.3, 0.4) is 0 Å². The van der Waals surface area contributed by atoms with Gasteiger partial charge in [-0.2, -0.15) is 0 Å². The van der Waals surface area contributed by atoms with Gasteiger partial charge in [-0.15, -0.1) is 0 Å². The molecule has 29 heavy (non-hydrogen) atoms. The number of piperidine rings is 1. The van der Waals surface area contributed by atoms with E-state index in [0.717, 1.165) is 5.56 Å². The quantitative estimate of drug-likeness (QED) is 0.820. The zero-order valence-electron chi connectivity index (χ0n) is 16.2. The van der Waals surface area contributed by atoms with Crippen LogP contribution in [0, 0.1) is 0 Å². The monoisotopic (exact) mass is 414 g/mol. The lowest BCUT2D eigenvalue weighted by Crippen LogP contribution is -2.49. The molecule has 0 spiro atoms. The van der Waals surface area contributed by atoms with Gasteiger partial charge >= 0.3 is 6.09 Å². The number of benzene rings is 1. The third-order valence-electron chi connectivity index (χ3n) is 5.39. The lowest BCUT2D eigenvalue weighted by Gasteiger charge is -2.39. The summed E-state index contributed by atoms with van der Waals surface area (Å²) < 4.78 is 5.10. The van der Waals surface area contributed by atoms with E-state index < -0.39 is 0 Å². The van der Waals surface area contributed by atoms with Gasteiger partial charge in [0.15, 0.2) is 0 Å². The fourth-order valence-electron chi connectivity index (χ4n) is 4.00. The van der Waals surface area contributed by atoms with Crippen molar-refractivity contribution in [2.45, 2.75) is 32.0 Å². The minimum absolute atomic E-state index is 0.00153. The van der Waals surface area contributed by atoms with Gasteiger partial charge in [0, 0.05) is 36.5 Å². The van der Waals surface area contributed by atoms with Crippen LogP contribution < -0.4 is 5.32 Å². The Hall–Kier alpha value is -2.80. The molecule has 0 saturated carbocycles. The molecule has 4 rings (SSSR count). The number of likely N-dealkylation sites (tertiary alicyclic amines) is 1. The number of anilines is 1. The van der Waals surface area contributed by atoms with Crippen LogP contribution >= 0.6 is 11.6 Å². The van der Waals surface area contributed by atoms with Crippen molar-refractivity contribution >= 4 is 29.4 Å². The number of carbonyl (C=O) groups is 2. The molecule has 1 saturated heterocycles. The first-order chi connectivity index (χ1) is 14.1. The summed E-state index contributed by atoms with van der Waals surface area (Å²) in [5.41, 5.74) is 1.63. The van der Waals surface area contributed by atoms with Crippen LogP contribution in [-0.4, -0.2) is 52.5 Å². The van der Waals surface area contributed by atoms with Crippen molar-refractivity contribution in [2.75, 3.05) is 25.0 Å². The molecule has 1 aromatic carbocycles. The fourth-order valence-corrected chi connectivity index (χ4v) is 4.11. The molecular weight excluding hydrogens is 392 g/mol. The number of rotatable bonds is 4. The number of carbonyl (C=O) groups excluding carboxylic acids is 2. The number of nitrogens with zero attached hydrogens (tertiary/aromatic N) is 3. The van der Waals surface area contributed by atoms with Gasteiger partial charge in [-0.05, 0) is 38.0 Å². The van der Waals surface area contributed by atoms with Gasteiger partial charge in [0.25, 0.3) is 5.91 Å². The molecule has 0 bridgehead atoms. The van der Waals surface area contributed by atoms with Crippen LogP contribution in [-0.2, 0) is 4.74 Å². The lowest BCUT2D eigenvalue weighted by molar-refractivity contribution is 0.0496. The van der Waals surface area contributed by atoms with Crippen molar-refractivity contribution in [3.05, 3.63) is 58.7 Å². The first-order valence-electron chi connectivity index (χ1n) is 9.80. The van der Waals surface area contributed by atoms with Crippen molar-refractivity contribution in [1.82, 2.24) is 14.8 Å². The number of hydrogen-bond acceptors (Lipinski definition) is 5. The summed E-state index contributed by atoms with van der Waals surface area (Å²) >= 11 is 5.95. The molecule has 2 aliphatic rings. The number of ether oxygens (including phenoxy) is 1. The van der Waals surface area contributed by atoms with Crippen molar-refractivity contribution in [2.24, 2.45) is 0 Å². The lowest BCUT2D eigenvalue weighted by atomic mass is 10.0. The highest BCUT2D eigenvalue weighted by Gasteiger charge is 2.42. The molecule has 1 N–H and O–H groups in total. The Morgan fingerprint density at radius 2 is 2.00 bits per heavy atom. The smallest absolute Gasteiger partial charge is 0.409 e. The highest BCUT2D eigenvalue weighted by atomic mass is 35.5. The zero-order valence-corrected chi connectivity index (χ0v) is 16.9. The molecule has 8 heteroatoms. The molecule has 0 unspecified atom stereocenters. The van der Waals surface area contributed by atoms with Crippen LogP contribution in [0.2, 0.25) is 5.02 Å². The van der Waals surface area contributed by atoms with Crippen molar-refractivity contribution in [3.8, 4) is 0 Å². The Morgan fingerprint density at radius 3 is 2.69 bits per heavy atom. The van der Waals surface area contributed by atoms with Crippen LogP contribution in [0.1, 0.15) is 41.9 Å². The summed E-state index contributed by atoms with van der Waals surface area (Å²) in [5.74, 6) is 0.652. The zero-order chi connectivity index (χ0) is 20.4. The van der Waals surface area contributed by atoms with Gasteiger partial charge < -0.3 is 19.9 Å². The topological polar surface area (TPSA) is 74.8 Å². The van der Waals surface area contributed by atoms with E-state index in [1.807, 2.05) is 29.2 Å². The Balaban J connectivity index is 1.55. The number of nitrogens with one attached hydrogen (secondary N) is 1. The first-order valence-corrected chi connectivity index (χ1v) is 10.2. The maximum atomic E-state index is 13.2. The maximum absolute atomic E-state index is 13.2. The van der Waals surface area contributed by atoms with Gasteiger partial charge in [0.2, 0.25) is 0 Å². The first kappa shape index (κ1) is 19.5. The van der Waals surface area contributed by atoms with E-state index in [2.05, 4.69) is 10.3 Å². The van der Waals surface area contributed by atoms with Gasteiger partial charge in [-0.1, -0.05) is 29.8 Å². The number of aromatic nitrogens is 1. The number of amides is 2. The summed E-state index contributed by atoms with van der Waals surface area (Å²) in [5, 5.41) is 3.94.